The number of ether oxygens (including phenoxy) is 1. The lowest BCUT2D eigenvalue weighted by Gasteiger charge is -2.20. The predicted octanol–water partition coefficient (Wildman–Crippen LogP) is 1.91. The van der Waals surface area contributed by atoms with Crippen molar-refractivity contribution < 1.29 is 13.2 Å². The fraction of sp³-hybridized carbons (Fsp3) is 0.538. The van der Waals surface area contributed by atoms with E-state index in [9.17, 15) is 8.42 Å². The maximum Gasteiger partial charge on any atom is 0.154 e. The van der Waals surface area contributed by atoms with Gasteiger partial charge >= 0.3 is 0 Å². The van der Waals surface area contributed by atoms with Gasteiger partial charge in [0.05, 0.1) is 18.1 Å². The summed E-state index contributed by atoms with van der Waals surface area (Å²) in [6.07, 6.45) is 0.609. The molecule has 0 bridgehead atoms. The number of rotatable bonds is 6. The van der Waals surface area contributed by atoms with Crippen LogP contribution in [0.3, 0.4) is 0 Å². The van der Waals surface area contributed by atoms with Crippen LogP contribution in [-0.4, -0.2) is 26.5 Å². The van der Waals surface area contributed by atoms with Crippen LogP contribution in [0.2, 0.25) is 0 Å². The Bertz CT molecular complexity index is 485. The van der Waals surface area contributed by atoms with E-state index < -0.39 is 21.1 Å². The first-order valence-corrected chi connectivity index (χ1v) is 7.75. The van der Waals surface area contributed by atoms with Crippen LogP contribution in [0.4, 0.5) is 0 Å². The van der Waals surface area contributed by atoms with Crippen molar-refractivity contribution in [1.29, 1.82) is 0 Å². The molecule has 1 aromatic rings. The fourth-order valence-electron chi connectivity index (χ4n) is 1.81. The standard InChI is InChI=1S/C13H21NO3S/c1-4-8-18(15,16)10(2)13(14)11-6-5-7-12(9-11)17-3/h5-7,9-10,13H,4,8,14H2,1-3H3. The van der Waals surface area contributed by atoms with E-state index in [1.807, 2.05) is 19.1 Å². The van der Waals surface area contributed by atoms with Gasteiger partial charge in [-0.1, -0.05) is 19.1 Å². The van der Waals surface area contributed by atoms with Crippen LogP contribution in [0, 0.1) is 0 Å². The molecule has 1 rings (SSSR count). The van der Waals surface area contributed by atoms with Gasteiger partial charge in [0.15, 0.2) is 9.84 Å². The lowest BCUT2D eigenvalue weighted by Crippen LogP contribution is -2.32. The SMILES string of the molecule is CCCS(=O)(=O)C(C)C(N)c1cccc(OC)c1. The summed E-state index contributed by atoms with van der Waals surface area (Å²) in [5.74, 6) is 0.856. The Morgan fingerprint density at radius 2 is 2.06 bits per heavy atom. The zero-order valence-electron chi connectivity index (χ0n) is 11.1. The van der Waals surface area contributed by atoms with E-state index in [0.29, 0.717) is 12.2 Å². The lowest BCUT2D eigenvalue weighted by molar-refractivity contribution is 0.413. The molecule has 0 aromatic heterocycles. The maximum absolute atomic E-state index is 12.0. The van der Waals surface area contributed by atoms with Crippen molar-refractivity contribution in [3.63, 3.8) is 0 Å². The first kappa shape index (κ1) is 15.0. The number of hydrogen-bond donors (Lipinski definition) is 1. The van der Waals surface area contributed by atoms with Crippen molar-refractivity contribution >= 4 is 9.84 Å². The molecule has 0 spiro atoms. The lowest BCUT2D eigenvalue weighted by atomic mass is 10.1. The molecule has 0 radical (unpaired) electrons. The zero-order chi connectivity index (χ0) is 13.8. The summed E-state index contributed by atoms with van der Waals surface area (Å²) in [5, 5.41) is -0.593. The first-order chi connectivity index (χ1) is 8.42. The van der Waals surface area contributed by atoms with Crippen LogP contribution in [0.1, 0.15) is 31.9 Å². The minimum atomic E-state index is -3.14. The molecule has 0 aliphatic heterocycles. The second-order valence-electron chi connectivity index (χ2n) is 4.37. The van der Waals surface area contributed by atoms with Crippen LogP contribution in [0.15, 0.2) is 24.3 Å². The van der Waals surface area contributed by atoms with Crippen molar-refractivity contribution in [2.45, 2.75) is 31.6 Å². The molecule has 4 nitrogen and oxygen atoms in total. The molecule has 2 unspecified atom stereocenters. The van der Waals surface area contributed by atoms with Crippen LogP contribution < -0.4 is 10.5 Å². The summed E-state index contributed by atoms with van der Waals surface area (Å²) < 4.78 is 29.1. The summed E-state index contributed by atoms with van der Waals surface area (Å²) in [7, 11) is -1.57. The quantitative estimate of drug-likeness (QED) is 0.858. The van der Waals surface area contributed by atoms with Gasteiger partial charge < -0.3 is 10.5 Å². The van der Waals surface area contributed by atoms with Crippen molar-refractivity contribution in [2.75, 3.05) is 12.9 Å². The third kappa shape index (κ3) is 3.46. The molecule has 2 atom stereocenters. The van der Waals surface area contributed by atoms with Crippen LogP contribution in [0.25, 0.3) is 0 Å². The van der Waals surface area contributed by atoms with E-state index in [1.54, 1.807) is 26.2 Å². The Kier molecular flexibility index (Phi) is 5.16. The molecular formula is C13H21NO3S. The van der Waals surface area contributed by atoms with Crippen molar-refractivity contribution in [2.24, 2.45) is 5.73 Å². The van der Waals surface area contributed by atoms with Crippen molar-refractivity contribution in [3.05, 3.63) is 29.8 Å². The molecule has 5 heteroatoms. The molecular weight excluding hydrogens is 250 g/mol. The van der Waals surface area contributed by atoms with Gasteiger partial charge in [0.2, 0.25) is 0 Å². The minimum Gasteiger partial charge on any atom is -0.497 e. The van der Waals surface area contributed by atoms with Crippen molar-refractivity contribution in [3.8, 4) is 5.75 Å². The summed E-state index contributed by atoms with van der Waals surface area (Å²) >= 11 is 0. The number of methoxy groups -OCH3 is 1. The highest BCUT2D eigenvalue weighted by molar-refractivity contribution is 7.92. The third-order valence-corrected chi connectivity index (χ3v) is 5.44. The van der Waals surface area contributed by atoms with E-state index in [0.717, 1.165) is 5.56 Å². The van der Waals surface area contributed by atoms with Crippen LogP contribution in [-0.2, 0) is 9.84 Å². The van der Waals surface area contributed by atoms with E-state index in [1.165, 1.54) is 0 Å². The van der Waals surface area contributed by atoms with E-state index in [4.69, 9.17) is 10.5 Å². The summed E-state index contributed by atoms with van der Waals surface area (Å²) in [5.41, 5.74) is 6.82. The normalized spacial score (nSPS) is 15.1. The van der Waals surface area contributed by atoms with E-state index in [-0.39, 0.29) is 5.75 Å². The van der Waals surface area contributed by atoms with Gasteiger partial charge in [0.1, 0.15) is 5.75 Å². The van der Waals surface area contributed by atoms with E-state index >= 15 is 0 Å². The summed E-state index contributed by atoms with van der Waals surface area (Å²) in [4.78, 5) is 0. The van der Waals surface area contributed by atoms with Gasteiger partial charge in [-0.3, -0.25) is 0 Å². The van der Waals surface area contributed by atoms with Gasteiger partial charge in [-0.25, -0.2) is 8.42 Å². The number of nitrogens with two attached hydrogens (primary N) is 1. The van der Waals surface area contributed by atoms with Gasteiger partial charge in [-0.05, 0) is 31.0 Å². The summed E-state index contributed by atoms with van der Waals surface area (Å²) in [6, 6.07) is 6.69. The Balaban J connectivity index is 2.95. The van der Waals surface area contributed by atoms with Crippen LogP contribution >= 0.6 is 0 Å². The number of sulfone groups is 1. The Hall–Kier alpha value is -1.07. The molecule has 0 fully saturated rings. The molecule has 0 saturated carbocycles. The average Bonchev–Trinajstić information content (AvgIpc) is 2.37. The smallest absolute Gasteiger partial charge is 0.154 e. The summed E-state index contributed by atoms with van der Waals surface area (Å²) in [6.45, 7) is 3.51. The zero-order valence-corrected chi connectivity index (χ0v) is 11.9. The molecule has 0 amide bonds. The first-order valence-electron chi connectivity index (χ1n) is 6.03. The molecule has 2 N–H and O–H groups in total. The Labute approximate surface area is 109 Å². The highest BCUT2D eigenvalue weighted by atomic mass is 32.2. The average molecular weight is 271 g/mol. The monoisotopic (exact) mass is 271 g/mol. The fourth-order valence-corrected chi connectivity index (χ4v) is 3.36. The largest absolute Gasteiger partial charge is 0.497 e. The van der Waals surface area contributed by atoms with Gasteiger partial charge in [0, 0.05) is 6.04 Å². The molecule has 0 aliphatic rings. The van der Waals surface area contributed by atoms with Gasteiger partial charge in [-0.2, -0.15) is 0 Å². The minimum absolute atomic E-state index is 0.172. The molecule has 18 heavy (non-hydrogen) atoms. The molecule has 1 aromatic carbocycles. The molecule has 0 saturated heterocycles. The second kappa shape index (κ2) is 6.20. The molecule has 102 valence electrons. The van der Waals surface area contributed by atoms with E-state index in [2.05, 4.69) is 0 Å². The molecule has 0 aliphatic carbocycles. The second-order valence-corrected chi connectivity index (χ2v) is 6.85. The van der Waals surface area contributed by atoms with Crippen LogP contribution in [0.5, 0.6) is 5.75 Å². The maximum atomic E-state index is 12.0. The Morgan fingerprint density at radius 1 is 1.39 bits per heavy atom. The topological polar surface area (TPSA) is 69.4 Å². The van der Waals surface area contributed by atoms with Gasteiger partial charge in [-0.15, -0.1) is 0 Å². The predicted molar refractivity (Wildman–Crippen MR) is 73.5 cm³/mol. The Morgan fingerprint density at radius 3 is 2.61 bits per heavy atom. The highest BCUT2D eigenvalue weighted by Crippen LogP contribution is 2.23. The number of hydrogen-bond acceptors (Lipinski definition) is 4. The number of benzene rings is 1. The third-order valence-electron chi connectivity index (χ3n) is 3.04. The molecule has 0 heterocycles. The van der Waals surface area contributed by atoms with Gasteiger partial charge in [0.25, 0.3) is 0 Å². The van der Waals surface area contributed by atoms with Crippen molar-refractivity contribution in [1.82, 2.24) is 0 Å². The highest BCUT2D eigenvalue weighted by Gasteiger charge is 2.27.